The molecule has 0 amide bonds. The lowest BCUT2D eigenvalue weighted by molar-refractivity contribution is 0.406. The molecule has 1 aromatic heterocycles. The average molecular weight is 170 g/mol. The highest BCUT2D eigenvalue weighted by Crippen LogP contribution is 2.16. The van der Waals surface area contributed by atoms with Crippen LogP contribution in [0.2, 0.25) is 0 Å². The smallest absolute Gasteiger partial charge is 0.0954 e. The third-order valence-corrected chi connectivity index (χ3v) is 2.57. The van der Waals surface area contributed by atoms with E-state index in [1.807, 2.05) is 19.4 Å². The molecular weight excluding hydrogens is 156 g/mol. The zero-order valence-corrected chi connectivity index (χ0v) is 8.10. The van der Waals surface area contributed by atoms with Crippen molar-refractivity contribution in [1.82, 2.24) is 9.55 Å². The molecule has 0 fully saturated rings. The Hall–Kier alpha value is -0.440. The van der Waals surface area contributed by atoms with E-state index in [4.69, 9.17) is 0 Å². The number of hydrogen-bond donors (Lipinski definition) is 1. The summed E-state index contributed by atoms with van der Waals surface area (Å²) in [6, 6.07) is 0. The summed E-state index contributed by atoms with van der Waals surface area (Å²) in [5.74, 6) is 0.822. The molecule has 0 aromatic carbocycles. The molecule has 3 heteroatoms. The summed E-state index contributed by atoms with van der Waals surface area (Å²) in [6.45, 7) is 6.27. The first-order valence-electron chi connectivity index (χ1n) is 3.68. The van der Waals surface area contributed by atoms with Crippen molar-refractivity contribution in [2.24, 2.45) is 0 Å². The van der Waals surface area contributed by atoms with Crippen LogP contribution in [0.4, 0.5) is 0 Å². The molecule has 0 saturated heterocycles. The number of hydrogen-bond acceptors (Lipinski definition) is 2. The molecule has 0 unspecified atom stereocenters. The number of imidazole rings is 1. The molecule has 0 aliphatic rings. The molecular formula is C8H14N2S. The van der Waals surface area contributed by atoms with Gasteiger partial charge in [-0.2, -0.15) is 12.6 Å². The predicted molar refractivity (Wildman–Crippen MR) is 50.1 cm³/mol. The van der Waals surface area contributed by atoms with Gasteiger partial charge in [-0.25, -0.2) is 4.98 Å². The second-order valence-corrected chi connectivity index (χ2v) is 3.71. The summed E-state index contributed by atoms with van der Waals surface area (Å²) < 4.78 is 2.09. The Morgan fingerprint density at radius 1 is 1.64 bits per heavy atom. The fraction of sp³-hybridized carbons (Fsp3) is 0.625. The monoisotopic (exact) mass is 170 g/mol. The summed E-state index contributed by atoms with van der Waals surface area (Å²) in [7, 11) is 0. The SMILES string of the molecule is Cc1cn(C(C)(C)CS)cn1. The lowest BCUT2D eigenvalue weighted by Crippen LogP contribution is -2.26. The van der Waals surface area contributed by atoms with Crippen LogP contribution in [0, 0.1) is 6.92 Å². The maximum atomic E-state index is 4.27. The average Bonchev–Trinajstić information content (AvgIpc) is 2.36. The molecule has 0 aliphatic heterocycles. The van der Waals surface area contributed by atoms with Gasteiger partial charge in [0.05, 0.1) is 12.0 Å². The van der Waals surface area contributed by atoms with Crippen molar-refractivity contribution < 1.29 is 0 Å². The van der Waals surface area contributed by atoms with Gasteiger partial charge in [-0.05, 0) is 20.8 Å². The van der Waals surface area contributed by atoms with Crippen molar-refractivity contribution >= 4 is 12.6 Å². The molecule has 1 heterocycles. The standard InChI is InChI=1S/C8H14N2S/c1-7-4-10(6-9-7)8(2,3)5-11/h4,6,11H,5H2,1-3H3. The van der Waals surface area contributed by atoms with Crippen LogP contribution in [0.1, 0.15) is 19.5 Å². The van der Waals surface area contributed by atoms with Gasteiger partial charge < -0.3 is 4.57 Å². The van der Waals surface area contributed by atoms with E-state index in [9.17, 15) is 0 Å². The van der Waals surface area contributed by atoms with Crippen LogP contribution in [-0.4, -0.2) is 15.3 Å². The molecule has 0 spiro atoms. The summed E-state index contributed by atoms with van der Waals surface area (Å²) in [6.07, 6.45) is 3.89. The Morgan fingerprint density at radius 2 is 2.27 bits per heavy atom. The first-order valence-corrected chi connectivity index (χ1v) is 4.31. The van der Waals surface area contributed by atoms with Gasteiger partial charge in [-0.1, -0.05) is 0 Å². The topological polar surface area (TPSA) is 17.8 Å². The molecule has 0 bridgehead atoms. The minimum absolute atomic E-state index is 0.0738. The van der Waals surface area contributed by atoms with Gasteiger partial charge in [0.2, 0.25) is 0 Å². The Labute approximate surface area is 73.0 Å². The van der Waals surface area contributed by atoms with Crippen LogP contribution < -0.4 is 0 Å². The van der Waals surface area contributed by atoms with Gasteiger partial charge in [-0.3, -0.25) is 0 Å². The summed E-state index contributed by atoms with van der Waals surface area (Å²) in [4.78, 5) is 4.16. The van der Waals surface area contributed by atoms with E-state index in [0.717, 1.165) is 11.4 Å². The van der Waals surface area contributed by atoms with E-state index in [0.29, 0.717) is 0 Å². The number of nitrogens with zero attached hydrogens (tertiary/aromatic N) is 2. The molecule has 11 heavy (non-hydrogen) atoms. The molecule has 0 N–H and O–H groups in total. The van der Waals surface area contributed by atoms with Gasteiger partial charge in [0.1, 0.15) is 0 Å². The van der Waals surface area contributed by atoms with Crippen LogP contribution in [0.5, 0.6) is 0 Å². The minimum Gasteiger partial charge on any atom is -0.331 e. The lowest BCUT2D eigenvalue weighted by Gasteiger charge is -2.23. The molecule has 1 aromatic rings. The van der Waals surface area contributed by atoms with E-state index in [2.05, 4.69) is 36.0 Å². The summed E-state index contributed by atoms with van der Waals surface area (Å²) in [5.41, 5.74) is 1.13. The predicted octanol–water partition coefficient (Wildman–Crippen LogP) is 1.86. The van der Waals surface area contributed by atoms with Crippen molar-refractivity contribution in [1.29, 1.82) is 0 Å². The number of aryl methyl sites for hydroxylation is 1. The molecule has 62 valence electrons. The first kappa shape index (κ1) is 8.65. The van der Waals surface area contributed by atoms with Crippen molar-refractivity contribution in [2.45, 2.75) is 26.3 Å². The Bertz CT molecular complexity index is 240. The van der Waals surface area contributed by atoms with Gasteiger partial charge in [-0.15, -0.1) is 0 Å². The van der Waals surface area contributed by atoms with Crippen molar-refractivity contribution in [3.05, 3.63) is 18.2 Å². The van der Waals surface area contributed by atoms with Crippen molar-refractivity contribution in [3.8, 4) is 0 Å². The lowest BCUT2D eigenvalue weighted by atomic mass is 10.1. The van der Waals surface area contributed by atoms with Gasteiger partial charge >= 0.3 is 0 Å². The van der Waals surface area contributed by atoms with Gasteiger partial charge in [0.25, 0.3) is 0 Å². The quantitative estimate of drug-likeness (QED) is 0.671. The maximum Gasteiger partial charge on any atom is 0.0954 e. The Balaban J connectivity index is 2.92. The zero-order valence-electron chi connectivity index (χ0n) is 7.20. The van der Waals surface area contributed by atoms with E-state index < -0.39 is 0 Å². The summed E-state index contributed by atoms with van der Waals surface area (Å²) >= 11 is 4.27. The third-order valence-electron chi connectivity index (χ3n) is 1.80. The van der Waals surface area contributed by atoms with Crippen molar-refractivity contribution in [3.63, 3.8) is 0 Å². The van der Waals surface area contributed by atoms with Crippen LogP contribution >= 0.6 is 12.6 Å². The highest BCUT2D eigenvalue weighted by molar-refractivity contribution is 7.80. The fourth-order valence-electron chi connectivity index (χ4n) is 0.834. The van der Waals surface area contributed by atoms with Crippen molar-refractivity contribution in [2.75, 3.05) is 5.75 Å². The van der Waals surface area contributed by atoms with E-state index in [1.165, 1.54) is 0 Å². The van der Waals surface area contributed by atoms with E-state index >= 15 is 0 Å². The van der Waals surface area contributed by atoms with Crippen LogP contribution in [-0.2, 0) is 5.54 Å². The number of thiol groups is 1. The highest BCUT2D eigenvalue weighted by atomic mass is 32.1. The van der Waals surface area contributed by atoms with Gasteiger partial charge in [0.15, 0.2) is 0 Å². The van der Waals surface area contributed by atoms with E-state index in [1.54, 1.807) is 0 Å². The first-order chi connectivity index (χ1) is 5.06. The van der Waals surface area contributed by atoms with Gasteiger partial charge in [0, 0.05) is 17.5 Å². The number of rotatable bonds is 2. The molecule has 0 atom stereocenters. The van der Waals surface area contributed by atoms with Crippen LogP contribution in [0.3, 0.4) is 0 Å². The van der Waals surface area contributed by atoms with E-state index in [-0.39, 0.29) is 5.54 Å². The fourth-order valence-corrected chi connectivity index (χ4v) is 0.997. The Morgan fingerprint density at radius 3 is 2.64 bits per heavy atom. The highest BCUT2D eigenvalue weighted by Gasteiger charge is 2.16. The molecule has 2 nitrogen and oxygen atoms in total. The molecule has 0 aliphatic carbocycles. The molecule has 0 radical (unpaired) electrons. The third kappa shape index (κ3) is 1.77. The summed E-state index contributed by atoms with van der Waals surface area (Å²) in [5, 5.41) is 0. The normalized spacial score (nSPS) is 12.0. The second kappa shape index (κ2) is 2.89. The number of aromatic nitrogens is 2. The molecule has 0 saturated carbocycles. The van der Waals surface area contributed by atoms with Crippen LogP contribution in [0.15, 0.2) is 12.5 Å². The van der Waals surface area contributed by atoms with Crippen LogP contribution in [0.25, 0.3) is 0 Å². The molecule has 1 rings (SSSR count). The zero-order chi connectivity index (χ0) is 8.48. The second-order valence-electron chi connectivity index (χ2n) is 3.39. The maximum absolute atomic E-state index is 4.27. The Kier molecular flexibility index (Phi) is 2.28. The largest absolute Gasteiger partial charge is 0.331 e. The minimum atomic E-state index is 0.0738.